The lowest BCUT2D eigenvalue weighted by molar-refractivity contribution is 0.0657. The number of nitrogens with zero attached hydrogens (tertiary/aromatic N) is 4. The molecule has 0 saturated carbocycles. The molecular formula is C23H32IN5O3. The van der Waals surface area contributed by atoms with Crippen molar-refractivity contribution in [1.82, 2.24) is 15.1 Å². The number of carbonyl (C=O) groups is 1. The van der Waals surface area contributed by atoms with Gasteiger partial charge in [0.2, 0.25) is 0 Å². The minimum atomic E-state index is -0.0452. The number of piperazine rings is 1. The van der Waals surface area contributed by atoms with Gasteiger partial charge in [-0.1, -0.05) is 6.07 Å². The summed E-state index contributed by atoms with van der Waals surface area (Å²) in [5.74, 6) is 2.72. The van der Waals surface area contributed by atoms with Crippen LogP contribution in [0.2, 0.25) is 0 Å². The molecule has 2 fully saturated rings. The lowest BCUT2D eigenvalue weighted by Gasteiger charge is -2.36. The molecular weight excluding hydrogens is 521 g/mol. The van der Waals surface area contributed by atoms with E-state index in [2.05, 4.69) is 32.2 Å². The summed E-state index contributed by atoms with van der Waals surface area (Å²) in [4.78, 5) is 23.4. The standard InChI is InChI=1S/C23H31N5O3.HI/c1-24-23(27-12-10-26(11-13-27)22(29)21-7-4-14-31-21)25-16-18-8-9-28(17-18)19-5-3-6-20(15-19)30-2;/h3-7,14-15,18H,8-13,16-17H2,1-2H3,(H,24,25);1H. The number of guanidine groups is 1. The maximum absolute atomic E-state index is 12.4. The molecule has 2 aliphatic heterocycles. The Labute approximate surface area is 206 Å². The van der Waals surface area contributed by atoms with Gasteiger partial charge in [-0.2, -0.15) is 0 Å². The zero-order valence-electron chi connectivity index (χ0n) is 18.7. The Morgan fingerprint density at radius 2 is 1.94 bits per heavy atom. The molecule has 1 aromatic carbocycles. The van der Waals surface area contributed by atoms with Crippen molar-refractivity contribution < 1.29 is 13.9 Å². The molecule has 8 nitrogen and oxygen atoms in total. The van der Waals surface area contributed by atoms with E-state index < -0.39 is 0 Å². The van der Waals surface area contributed by atoms with E-state index in [0.29, 0.717) is 24.8 Å². The Balaban J connectivity index is 0.00000289. The van der Waals surface area contributed by atoms with Crippen molar-refractivity contribution in [3.8, 4) is 5.75 Å². The first-order chi connectivity index (χ1) is 15.2. The van der Waals surface area contributed by atoms with E-state index in [1.807, 2.05) is 24.1 Å². The summed E-state index contributed by atoms with van der Waals surface area (Å²) >= 11 is 0. The number of benzene rings is 1. The minimum absolute atomic E-state index is 0. The fourth-order valence-corrected chi connectivity index (χ4v) is 4.29. The Morgan fingerprint density at radius 3 is 2.62 bits per heavy atom. The van der Waals surface area contributed by atoms with Crippen LogP contribution in [0.15, 0.2) is 52.1 Å². The van der Waals surface area contributed by atoms with Gasteiger partial charge in [-0.15, -0.1) is 24.0 Å². The molecule has 0 radical (unpaired) electrons. The van der Waals surface area contributed by atoms with Crippen LogP contribution in [0.25, 0.3) is 0 Å². The van der Waals surface area contributed by atoms with Gasteiger partial charge in [0.15, 0.2) is 11.7 Å². The van der Waals surface area contributed by atoms with Gasteiger partial charge >= 0.3 is 0 Å². The van der Waals surface area contributed by atoms with Crippen LogP contribution in [0.5, 0.6) is 5.75 Å². The van der Waals surface area contributed by atoms with Crippen molar-refractivity contribution in [2.24, 2.45) is 10.9 Å². The van der Waals surface area contributed by atoms with Crippen molar-refractivity contribution in [1.29, 1.82) is 0 Å². The molecule has 0 aliphatic carbocycles. The third-order valence-corrected chi connectivity index (χ3v) is 6.06. The number of hydrogen-bond acceptors (Lipinski definition) is 5. The van der Waals surface area contributed by atoms with Crippen LogP contribution in [0.1, 0.15) is 17.0 Å². The van der Waals surface area contributed by atoms with Crippen LogP contribution >= 0.6 is 24.0 Å². The van der Waals surface area contributed by atoms with Crippen LogP contribution in [-0.2, 0) is 0 Å². The number of anilines is 1. The van der Waals surface area contributed by atoms with Gasteiger partial charge in [-0.3, -0.25) is 9.79 Å². The average Bonchev–Trinajstić information content (AvgIpc) is 3.52. The van der Waals surface area contributed by atoms with E-state index in [1.165, 1.54) is 12.0 Å². The van der Waals surface area contributed by atoms with Crippen LogP contribution in [0.3, 0.4) is 0 Å². The van der Waals surface area contributed by atoms with Crippen LogP contribution in [-0.4, -0.2) is 81.6 Å². The highest BCUT2D eigenvalue weighted by molar-refractivity contribution is 14.0. The second-order valence-electron chi connectivity index (χ2n) is 7.99. The van der Waals surface area contributed by atoms with Crippen molar-refractivity contribution in [3.63, 3.8) is 0 Å². The van der Waals surface area contributed by atoms with Gasteiger partial charge in [-0.05, 0) is 36.6 Å². The van der Waals surface area contributed by atoms with E-state index in [0.717, 1.165) is 50.9 Å². The predicted molar refractivity (Wildman–Crippen MR) is 136 cm³/mol. The van der Waals surface area contributed by atoms with Gasteiger partial charge in [0, 0.05) is 64.6 Å². The fraction of sp³-hybridized carbons (Fsp3) is 0.478. The number of aliphatic imine (C=N–C) groups is 1. The molecule has 1 aromatic heterocycles. The smallest absolute Gasteiger partial charge is 0.289 e. The Kier molecular flexibility index (Phi) is 8.66. The quantitative estimate of drug-likeness (QED) is 0.349. The molecule has 174 valence electrons. The topological polar surface area (TPSA) is 73.6 Å². The summed E-state index contributed by atoms with van der Waals surface area (Å²) in [5, 5.41) is 3.55. The van der Waals surface area contributed by atoms with Crippen LogP contribution in [0, 0.1) is 5.92 Å². The molecule has 1 amide bonds. The lowest BCUT2D eigenvalue weighted by Crippen LogP contribution is -2.54. The third kappa shape index (κ3) is 5.67. The average molecular weight is 553 g/mol. The van der Waals surface area contributed by atoms with Crippen molar-refractivity contribution in [2.75, 3.05) is 64.9 Å². The highest BCUT2D eigenvalue weighted by atomic mass is 127. The molecule has 4 rings (SSSR count). The zero-order valence-corrected chi connectivity index (χ0v) is 21.0. The highest BCUT2D eigenvalue weighted by Crippen LogP contribution is 2.26. The molecule has 1 atom stereocenters. The number of amides is 1. The normalized spacial score (nSPS) is 19.0. The van der Waals surface area contributed by atoms with Gasteiger partial charge < -0.3 is 29.2 Å². The maximum Gasteiger partial charge on any atom is 0.289 e. The Hall–Kier alpha value is -2.43. The highest BCUT2D eigenvalue weighted by Gasteiger charge is 2.27. The monoisotopic (exact) mass is 553 g/mol. The SMILES string of the molecule is CN=C(NCC1CCN(c2cccc(OC)c2)C1)N1CCN(C(=O)c2ccco2)CC1.I. The Bertz CT molecular complexity index is 897. The first-order valence-electron chi connectivity index (χ1n) is 10.9. The fourth-order valence-electron chi connectivity index (χ4n) is 4.29. The molecule has 0 spiro atoms. The van der Waals surface area contributed by atoms with Crippen molar-refractivity contribution in [2.45, 2.75) is 6.42 Å². The number of ether oxygens (including phenoxy) is 1. The number of furan rings is 1. The second-order valence-corrected chi connectivity index (χ2v) is 7.99. The summed E-state index contributed by atoms with van der Waals surface area (Å²) in [6.07, 6.45) is 2.68. The molecule has 1 unspecified atom stereocenters. The van der Waals surface area contributed by atoms with E-state index >= 15 is 0 Å². The van der Waals surface area contributed by atoms with Gasteiger partial charge in [-0.25, -0.2) is 0 Å². The largest absolute Gasteiger partial charge is 0.497 e. The molecule has 0 bridgehead atoms. The zero-order chi connectivity index (χ0) is 21.6. The number of methoxy groups -OCH3 is 1. The molecule has 2 aliphatic rings. The number of hydrogen-bond donors (Lipinski definition) is 1. The van der Waals surface area contributed by atoms with E-state index in [1.54, 1.807) is 19.2 Å². The Morgan fingerprint density at radius 1 is 1.16 bits per heavy atom. The van der Waals surface area contributed by atoms with Gasteiger partial charge in [0.05, 0.1) is 13.4 Å². The lowest BCUT2D eigenvalue weighted by atomic mass is 10.1. The van der Waals surface area contributed by atoms with Gasteiger partial charge in [0.1, 0.15) is 5.75 Å². The molecule has 1 N–H and O–H groups in total. The molecule has 32 heavy (non-hydrogen) atoms. The minimum Gasteiger partial charge on any atom is -0.497 e. The number of nitrogens with one attached hydrogen (secondary N) is 1. The number of carbonyl (C=O) groups excluding carboxylic acids is 1. The number of halogens is 1. The van der Waals surface area contributed by atoms with Gasteiger partial charge in [0.25, 0.3) is 5.91 Å². The first kappa shape index (κ1) is 24.2. The number of rotatable bonds is 5. The maximum atomic E-state index is 12.4. The molecule has 3 heterocycles. The first-order valence-corrected chi connectivity index (χ1v) is 10.9. The summed E-state index contributed by atoms with van der Waals surface area (Å²) < 4.78 is 10.6. The molecule has 2 saturated heterocycles. The third-order valence-electron chi connectivity index (χ3n) is 6.06. The second kappa shape index (κ2) is 11.4. The molecule has 2 aromatic rings. The van der Waals surface area contributed by atoms with Crippen molar-refractivity contribution >= 4 is 41.5 Å². The predicted octanol–water partition coefficient (Wildman–Crippen LogP) is 2.77. The van der Waals surface area contributed by atoms with E-state index in [-0.39, 0.29) is 29.9 Å². The summed E-state index contributed by atoms with van der Waals surface area (Å²) in [7, 11) is 3.52. The summed E-state index contributed by atoms with van der Waals surface area (Å²) in [6.45, 7) is 5.78. The van der Waals surface area contributed by atoms with Crippen LogP contribution < -0.4 is 15.0 Å². The van der Waals surface area contributed by atoms with Crippen molar-refractivity contribution in [3.05, 3.63) is 48.4 Å². The summed E-state index contributed by atoms with van der Waals surface area (Å²) in [5.41, 5.74) is 1.21. The molecule has 9 heteroatoms. The van der Waals surface area contributed by atoms with E-state index in [9.17, 15) is 4.79 Å². The van der Waals surface area contributed by atoms with Crippen LogP contribution in [0.4, 0.5) is 5.69 Å². The van der Waals surface area contributed by atoms with E-state index in [4.69, 9.17) is 9.15 Å². The summed E-state index contributed by atoms with van der Waals surface area (Å²) in [6, 6.07) is 11.7.